The summed E-state index contributed by atoms with van der Waals surface area (Å²) >= 11 is 0. The molecule has 0 bridgehead atoms. The molecule has 120 valence electrons. The van der Waals surface area contributed by atoms with Crippen LogP contribution in [0.4, 0.5) is 13.2 Å². The van der Waals surface area contributed by atoms with Crippen molar-refractivity contribution in [2.45, 2.75) is 31.5 Å². The van der Waals surface area contributed by atoms with Crippen LogP contribution in [-0.4, -0.2) is 67.1 Å². The second-order valence-corrected chi connectivity index (χ2v) is 5.70. The van der Waals surface area contributed by atoms with Gasteiger partial charge in [0.05, 0.1) is 5.92 Å². The molecule has 0 unspecified atom stereocenters. The van der Waals surface area contributed by atoms with Gasteiger partial charge in [0.1, 0.15) is 6.54 Å². The summed E-state index contributed by atoms with van der Waals surface area (Å²) in [5, 5.41) is 3.11. The molecule has 0 aromatic carbocycles. The van der Waals surface area contributed by atoms with Crippen molar-refractivity contribution in [3.05, 3.63) is 0 Å². The minimum atomic E-state index is -4.42. The summed E-state index contributed by atoms with van der Waals surface area (Å²) in [5.41, 5.74) is 0. The largest absolute Gasteiger partial charge is 0.406 e. The lowest BCUT2D eigenvalue weighted by Gasteiger charge is -2.34. The zero-order valence-electron chi connectivity index (χ0n) is 11.9. The SMILES string of the molecule is CN[C@H]1CCCN(C(=O)[C@H]2CC(=O)N(CC(F)(F)F)C2)C1. The number of likely N-dealkylation sites (tertiary alicyclic amines) is 2. The van der Waals surface area contributed by atoms with E-state index in [0.717, 1.165) is 17.7 Å². The van der Waals surface area contributed by atoms with E-state index in [1.165, 1.54) is 0 Å². The van der Waals surface area contributed by atoms with Gasteiger partial charge >= 0.3 is 6.18 Å². The number of rotatable bonds is 3. The van der Waals surface area contributed by atoms with Crippen LogP contribution in [0.1, 0.15) is 19.3 Å². The lowest BCUT2D eigenvalue weighted by molar-refractivity contribution is -0.157. The number of carbonyl (C=O) groups is 2. The Balaban J connectivity index is 1.93. The number of halogens is 3. The molecule has 2 heterocycles. The van der Waals surface area contributed by atoms with Crippen LogP contribution in [0.3, 0.4) is 0 Å². The Hall–Kier alpha value is -1.31. The van der Waals surface area contributed by atoms with E-state index in [-0.39, 0.29) is 24.9 Å². The molecule has 2 amide bonds. The summed E-state index contributed by atoms with van der Waals surface area (Å²) in [6, 6.07) is 0.214. The first-order valence-electron chi connectivity index (χ1n) is 7.10. The first-order valence-corrected chi connectivity index (χ1v) is 7.10. The topological polar surface area (TPSA) is 52.7 Å². The molecule has 0 aliphatic carbocycles. The van der Waals surface area contributed by atoms with E-state index >= 15 is 0 Å². The van der Waals surface area contributed by atoms with Crippen molar-refractivity contribution in [1.29, 1.82) is 0 Å². The Kier molecular flexibility index (Phi) is 4.75. The van der Waals surface area contributed by atoms with Gasteiger partial charge in [-0.1, -0.05) is 0 Å². The summed E-state index contributed by atoms with van der Waals surface area (Å²) in [6.07, 6.45) is -2.69. The molecule has 1 N–H and O–H groups in total. The van der Waals surface area contributed by atoms with Gasteiger partial charge in [-0.25, -0.2) is 0 Å². The van der Waals surface area contributed by atoms with Crippen LogP contribution in [-0.2, 0) is 9.59 Å². The number of carbonyl (C=O) groups excluding carboxylic acids is 2. The van der Waals surface area contributed by atoms with Crippen molar-refractivity contribution in [3.8, 4) is 0 Å². The van der Waals surface area contributed by atoms with E-state index in [0.29, 0.717) is 13.1 Å². The monoisotopic (exact) mass is 307 g/mol. The van der Waals surface area contributed by atoms with Gasteiger partial charge in [0.15, 0.2) is 0 Å². The van der Waals surface area contributed by atoms with E-state index in [1.807, 2.05) is 7.05 Å². The van der Waals surface area contributed by atoms with Crippen LogP contribution in [0.2, 0.25) is 0 Å². The number of hydrogen-bond acceptors (Lipinski definition) is 3. The average molecular weight is 307 g/mol. The number of hydrogen-bond donors (Lipinski definition) is 1. The van der Waals surface area contributed by atoms with Gasteiger partial charge in [-0.2, -0.15) is 13.2 Å². The van der Waals surface area contributed by atoms with Crippen molar-refractivity contribution >= 4 is 11.8 Å². The highest BCUT2D eigenvalue weighted by atomic mass is 19.4. The Morgan fingerprint density at radius 3 is 2.71 bits per heavy atom. The minimum Gasteiger partial charge on any atom is -0.341 e. The van der Waals surface area contributed by atoms with Crippen molar-refractivity contribution in [1.82, 2.24) is 15.1 Å². The summed E-state index contributed by atoms with van der Waals surface area (Å²) in [5.74, 6) is -1.43. The number of amides is 2. The fourth-order valence-electron chi connectivity index (χ4n) is 2.98. The summed E-state index contributed by atoms with van der Waals surface area (Å²) in [4.78, 5) is 26.4. The van der Waals surface area contributed by atoms with Gasteiger partial charge in [0.25, 0.3) is 0 Å². The zero-order valence-corrected chi connectivity index (χ0v) is 11.9. The van der Waals surface area contributed by atoms with Crippen molar-refractivity contribution in [2.24, 2.45) is 5.92 Å². The van der Waals surface area contributed by atoms with E-state index in [4.69, 9.17) is 0 Å². The highest BCUT2D eigenvalue weighted by molar-refractivity contribution is 5.89. The summed E-state index contributed by atoms with van der Waals surface area (Å²) in [6.45, 7) is -0.229. The van der Waals surface area contributed by atoms with E-state index < -0.39 is 24.5 Å². The third kappa shape index (κ3) is 4.09. The Labute approximate surface area is 121 Å². The van der Waals surface area contributed by atoms with Crippen LogP contribution in [0.15, 0.2) is 0 Å². The van der Waals surface area contributed by atoms with Crippen molar-refractivity contribution < 1.29 is 22.8 Å². The molecular weight excluding hydrogens is 287 g/mol. The van der Waals surface area contributed by atoms with Gasteiger partial charge < -0.3 is 15.1 Å². The number of nitrogens with one attached hydrogen (secondary N) is 1. The molecule has 2 rings (SSSR count). The van der Waals surface area contributed by atoms with E-state index in [1.54, 1.807) is 4.90 Å². The maximum absolute atomic E-state index is 12.4. The summed E-state index contributed by atoms with van der Waals surface area (Å²) < 4.78 is 37.1. The van der Waals surface area contributed by atoms with Gasteiger partial charge in [-0.05, 0) is 19.9 Å². The number of likely N-dealkylation sites (N-methyl/N-ethyl adjacent to an activating group) is 1. The number of alkyl halides is 3. The molecule has 8 heteroatoms. The minimum absolute atomic E-state index is 0.115. The smallest absolute Gasteiger partial charge is 0.341 e. The fraction of sp³-hybridized carbons (Fsp3) is 0.846. The van der Waals surface area contributed by atoms with Gasteiger partial charge in [0.2, 0.25) is 11.8 Å². The highest BCUT2D eigenvalue weighted by Gasteiger charge is 2.42. The molecule has 0 aromatic heterocycles. The Morgan fingerprint density at radius 1 is 1.38 bits per heavy atom. The van der Waals surface area contributed by atoms with Crippen LogP contribution < -0.4 is 5.32 Å². The van der Waals surface area contributed by atoms with E-state index in [9.17, 15) is 22.8 Å². The average Bonchev–Trinajstić information content (AvgIpc) is 2.77. The quantitative estimate of drug-likeness (QED) is 0.831. The molecule has 2 aliphatic rings. The molecule has 5 nitrogen and oxygen atoms in total. The third-order valence-electron chi connectivity index (χ3n) is 4.08. The molecule has 0 spiro atoms. The molecule has 2 fully saturated rings. The second kappa shape index (κ2) is 6.21. The standard InChI is InChI=1S/C13H20F3N3O2/c1-17-10-3-2-4-18(7-10)12(21)9-5-11(20)19(6-9)8-13(14,15)16/h9-10,17H,2-8H2,1H3/t9-,10-/m0/s1. The lowest BCUT2D eigenvalue weighted by atomic mass is 10.0. The van der Waals surface area contributed by atoms with Crippen LogP contribution in [0.5, 0.6) is 0 Å². The third-order valence-corrected chi connectivity index (χ3v) is 4.08. The first-order chi connectivity index (χ1) is 9.80. The predicted octanol–water partition coefficient (Wildman–Crippen LogP) is 0.608. The first kappa shape index (κ1) is 16.1. The molecule has 0 aromatic rings. The van der Waals surface area contributed by atoms with Gasteiger partial charge in [0, 0.05) is 32.1 Å². The van der Waals surface area contributed by atoms with Crippen LogP contribution in [0.25, 0.3) is 0 Å². The fourth-order valence-corrected chi connectivity index (χ4v) is 2.98. The lowest BCUT2D eigenvalue weighted by Crippen LogP contribution is -2.49. The normalized spacial score (nSPS) is 27.3. The van der Waals surface area contributed by atoms with Gasteiger partial charge in [-0.15, -0.1) is 0 Å². The zero-order chi connectivity index (χ0) is 15.6. The molecule has 0 saturated carbocycles. The highest BCUT2D eigenvalue weighted by Crippen LogP contribution is 2.26. The Morgan fingerprint density at radius 2 is 2.10 bits per heavy atom. The molecular formula is C13H20F3N3O2. The maximum atomic E-state index is 12.4. The molecule has 21 heavy (non-hydrogen) atoms. The molecule has 2 saturated heterocycles. The number of piperidine rings is 1. The predicted molar refractivity (Wildman–Crippen MR) is 69.4 cm³/mol. The second-order valence-electron chi connectivity index (χ2n) is 5.70. The molecule has 2 aliphatic heterocycles. The molecule has 2 atom stereocenters. The summed E-state index contributed by atoms with van der Waals surface area (Å²) in [7, 11) is 1.82. The van der Waals surface area contributed by atoms with E-state index in [2.05, 4.69) is 5.32 Å². The van der Waals surface area contributed by atoms with Crippen LogP contribution >= 0.6 is 0 Å². The van der Waals surface area contributed by atoms with Crippen molar-refractivity contribution in [2.75, 3.05) is 33.2 Å². The maximum Gasteiger partial charge on any atom is 0.406 e. The molecule has 0 radical (unpaired) electrons. The Bertz CT molecular complexity index is 414. The van der Waals surface area contributed by atoms with Gasteiger partial charge in [-0.3, -0.25) is 9.59 Å². The number of nitrogens with zero attached hydrogens (tertiary/aromatic N) is 2. The van der Waals surface area contributed by atoms with Crippen molar-refractivity contribution in [3.63, 3.8) is 0 Å². The van der Waals surface area contributed by atoms with Crippen LogP contribution in [0, 0.1) is 5.92 Å².